The van der Waals surface area contributed by atoms with Crippen molar-refractivity contribution < 1.29 is 46.1 Å². The van der Waals surface area contributed by atoms with E-state index in [0.717, 1.165) is 11.4 Å². The van der Waals surface area contributed by atoms with Crippen molar-refractivity contribution in [3.63, 3.8) is 0 Å². The molecule has 0 saturated carbocycles. The van der Waals surface area contributed by atoms with E-state index in [1.807, 2.05) is 60.3 Å². The second kappa shape index (κ2) is 18.3. The predicted molar refractivity (Wildman–Crippen MR) is 204 cm³/mol. The molecule has 2 aromatic heterocycles. The predicted octanol–water partition coefficient (Wildman–Crippen LogP) is 3.87. The van der Waals surface area contributed by atoms with Gasteiger partial charge in [-0.05, 0) is 64.0 Å². The normalized spacial score (nSPS) is 26.7. The fourth-order valence-electron chi connectivity index (χ4n) is 9.48. The number of hydrogen-bond donors (Lipinski definition) is 4. The Kier molecular flexibility index (Phi) is 14.2. The number of allylic oxidation sites excluding steroid dienone is 2. The van der Waals surface area contributed by atoms with Crippen molar-refractivity contribution >= 4 is 24.0 Å². The van der Waals surface area contributed by atoms with Crippen molar-refractivity contribution in [2.45, 2.75) is 90.1 Å². The smallest absolute Gasteiger partial charge is 0.396 e. The summed E-state index contributed by atoms with van der Waals surface area (Å²) in [5, 5.41) is 24.0. The lowest BCUT2D eigenvalue weighted by Gasteiger charge is -2.30. The van der Waals surface area contributed by atoms with Gasteiger partial charge in [-0.15, -0.1) is 0 Å². The van der Waals surface area contributed by atoms with Gasteiger partial charge in [0.1, 0.15) is 13.1 Å². The van der Waals surface area contributed by atoms with Crippen LogP contribution in [0.25, 0.3) is 12.2 Å². The third-order valence-electron chi connectivity index (χ3n) is 11.6. The molecular weight excluding hydrogens is 774 g/mol. The molecule has 4 N–H and O–H groups in total. The SMILES string of the molecule is C/C=C/c1ccc2n(c1=O)C[C@H]1[C@H](CO)[C@@H](C(=O)NCC(F)(F)F)N(CCC)[C@@H]21.C/C=C\c1ccc2n(c1=O)C[C@H]1[C@H](CO)[C@@H](C(=O)NCC(F)(F)F)N(CCC)[C@@H]21. The van der Waals surface area contributed by atoms with Gasteiger partial charge in [-0.1, -0.05) is 38.2 Å². The minimum atomic E-state index is -4.50. The summed E-state index contributed by atoms with van der Waals surface area (Å²) >= 11 is 0. The number of alkyl halides is 6. The van der Waals surface area contributed by atoms with Crippen molar-refractivity contribution in [3.05, 3.63) is 79.6 Å². The molecule has 2 saturated heterocycles. The molecule has 0 spiro atoms. The van der Waals surface area contributed by atoms with E-state index >= 15 is 0 Å². The highest BCUT2D eigenvalue weighted by atomic mass is 19.4. The van der Waals surface area contributed by atoms with Gasteiger partial charge >= 0.3 is 12.4 Å². The fourth-order valence-corrected chi connectivity index (χ4v) is 9.48. The number of hydrogen-bond acceptors (Lipinski definition) is 8. The van der Waals surface area contributed by atoms with E-state index in [-0.39, 0.29) is 48.3 Å². The number of rotatable bonds is 12. The molecule has 0 aromatic carbocycles. The molecule has 6 rings (SSSR count). The minimum absolute atomic E-state index is 0.138. The lowest BCUT2D eigenvalue weighted by Crippen LogP contribution is -2.50. The van der Waals surface area contributed by atoms with Crippen molar-refractivity contribution in [1.29, 1.82) is 0 Å². The maximum Gasteiger partial charge on any atom is 0.405 e. The van der Waals surface area contributed by atoms with Gasteiger partial charge in [-0.3, -0.25) is 29.0 Å². The first-order valence-corrected chi connectivity index (χ1v) is 19.6. The van der Waals surface area contributed by atoms with E-state index in [9.17, 15) is 55.7 Å². The summed E-state index contributed by atoms with van der Waals surface area (Å²) in [4.78, 5) is 54.6. The van der Waals surface area contributed by atoms with Crippen LogP contribution in [0.2, 0.25) is 0 Å². The van der Waals surface area contributed by atoms with Gasteiger partial charge in [0.2, 0.25) is 11.8 Å². The number of nitrogens with one attached hydrogen (secondary N) is 2. The highest BCUT2D eigenvalue weighted by molar-refractivity contribution is 5.83. The van der Waals surface area contributed by atoms with Crippen LogP contribution >= 0.6 is 0 Å². The van der Waals surface area contributed by atoms with Gasteiger partial charge in [0, 0.05) is 72.5 Å². The third-order valence-corrected chi connectivity index (χ3v) is 11.6. The van der Waals surface area contributed by atoms with E-state index < -0.39 is 61.2 Å². The zero-order valence-corrected chi connectivity index (χ0v) is 32.9. The summed E-state index contributed by atoms with van der Waals surface area (Å²) in [5.41, 5.74) is 2.32. The van der Waals surface area contributed by atoms with E-state index in [1.54, 1.807) is 45.6 Å². The van der Waals surface area contributed by atoms with E-state index in [1.165, 1.54) is 0 Å². The molecule has 12 nitrogen and oxygen atoms in total. The number of carbonyl (C=O) groups excluding carboxylic acids is 2. The second-order valence-corrected chi connectivity index (χ2v) is 15.2. The Balaban J connectivity index is 0.000000221. The molecule has 0 unspecified atom stereocenters. The standard InChI is InChI=1S/2C20H26F3N3O3/c2*1-3-5-12-6-7-15-16-13(9-26(15)19(12)29)14(10-27)17(25(16)8-4-2)18(28)24-11-20(21,22)23/h2*3,5-7,13-14,16-17,27H,4,8-11H2,1-2H3,(H,24,28)/b5-3+;5-3-/t2*13-,14-,16+,17-/m00/s1. The number of carbonyl (C=O) groups is 2. The third kappa shape index (κ3) is 8.99. The summed E-state index contributed by atoms with van der Waals surface area (Å²) in [6, 6.07) is 4.83. The van der Waals surface area contributed by atoms with Gasteiger partial charge in [-0.2, -0.15) is 26.3 Å². The average Bonchev–Trinajstić information content (AvgIpc) is 3.90. The zero-order chi connectivity index (χ0) is 42.7. The van der Waals surface area contributed by atoms with Crippen LogP contribution in [0.15, 0.2) is 46.0 Å². The number of aromatic nitrogens is 2. The van der Waals surface area contributed by atoms with Crippen LogP contribution < -0.4 is 21.8 Å². The molecule has 18 heteroatoms. The van der Waals surface area contributed by atoms with Crippen molar-refractivity contribution in [1.82, 2.24) is 29.6 Å². The summed E-state index contributed by atoms with van der Waals surface area (Å²) < 4.78 is 78.8. The monoisotopic (exact) mass is 826 g/mol. The molecule has 58 heavy (non-hydrogen) atoms. The summed E-state index contributed by atoms with van der Waals surface area (Å²) in [6.07, 6.45) is -0.624. The Bertz CT molecular complexity index is 1840. The molecular formula is C40H52F6N6O6. The highest BCUT2D eigenvalue weighted by Gasteiger charge is 2.57. The Morgan fingerprint density at radius 1 is 0.690 bits per heavy atom. The molecule has 8 atom stereocenters. The molecule has 0 bridgehead atoms. The van der Waals surface area contributed by atoms with E-state index in [4.69, 9.17) is 0 Å². The lowest BCUT2D eigenvalue weighted by molar-refractivity contribution is -0.142. The summed E-state index contributed by atoms with van der Waals surface area (Å²) in [6.45, 7) is 5.62. The van der Waals surface area contributed by atoms with Gasteiger partial charge in [-0.25, -0.2) is 0 Å². The summed E-state index contributed by atoms with van der Waals surface area (Å²) in [5.74, 6) is -3.01. The number of amides is 2. The molecule has 2 amide bonds. The second-order valence-electron chi connectivity index (χ2n) is 15.2. The minimum Gasteiger partial charge on any atom is -0.396 e. The van der Waals surface area contributed by atoms with Gasteiger partial charge in [0.05, 0.1) is 24.2 Å². The number of halogens is 6. The number of aliphatic hydroxyl groups excluding tert-OH is 2. The lowest BCUT2D eigenvalue weighted by atomic mass is 9.88. The molecule has 0 radical (unpaired) electrons. The van der Waals surface area contributed by atoms with Gasteiger partial charge in [0.15, 0.2) is 0 Å². The Hall–Kier alpha value is -4.26. The first-order valence-electron chi connectivity index (χ1n) is 19.6. The number of pyridine rings is 2. The number of aliphatic hydroxyl groups is 2. The van der Waals surface area contributed by atoms with E-state index in [0.29, 0.717) is 50.1 Å². The molecule has 4 aliphatic heterocycles. The van der Waals surface area contributed by atoms with Crippen LogP contribution in [0.1, 0.15) is 75.1 Å². The Labute approximate surface area is 332 Å². The highest BCUT2D eigenvalue weighted by Crippen LogP contribution is 2.50. The number of nitrogens with zero attached hydrogens (tertiary/aromatic N) is 4. The van der Waals surface area contributed by atoms with E-state index in [2.05, 4.69) is 0 Å². The van der Waals surface area contributed by atoms with Crippen molar-refractivity contribution in [3.8, 4) is 0 Å². The number of fused-ring (bicyclic) bond motifs is 6. The maximum absolute atomic E-state index is 12.8. The van der Waals surface area contributed by atoms with Crippen molar-refractivity contribution in [2.75, 3.05) is 39.4 Å². The molecule has 2 fully saturated rings. The van der Waals surface area contributed by atoms with Crippen LogP contribution in [-0.4, -0.2) is 105 Å². The molecule has 2 aromatic rings. The Morgan fingerprint density at radius 2 is 1.05 bits per heavy atom. The molecule has 0 aliphatic carbocycles. The first kappa shape index (κ1) is 44.8. The fraction of sp³-hybridized carbons (Fsp3) is 0.600. The quantitative estimate of drug-likeness (QED) is 0.236. The topological polar surface area (TPSA) is 149 Å². The van der Waals surface area contributed by atoms with Gasteiger partial charge < -0.3 is 30.0 Å². The molecule has 320 valence electrons. The zero-order valence-electron chi connectivity index (χ0n) is 32.9. The molecule has 6 heterocycles. The Morgan fingerprint density at radius 3 is 1.34 bits per heavy atom. The van der Waals surface area contributed by atoms with Crippen LogP contribution in [-0.2, 0) is 22.7 Å². The number of likely N-dealkylation sites (tertiary alicyclic amines) is 2. The van der Waals surface area contributed by atoms with Crippen LogP contribution in [0.3, 0.4) is 0 Å². The van der Waals surface area contributed by atoms with Crippen LogP contribution in [0, 0.1) is 23.7 Å². The largest absolute Gasteiger partial charge is 0.405 e. The summed E-state index contributed by atoms with van der Waals surface area (Å²) in [7, 11) is 0. The first-order chi connectivity index (χ1) is 27.5. The van der Waals surface area contributed by atoms with Crippen molar-refractivity contribution in [2.24, 2.45) is 23.7 Å². The van der Waals surface area contributed by atoms with Crippen LogP contribution in [0.5, 0.6) is 0 Å². The maximum atomic E-state index is 12.8. The van der Waals surface area contributed by atoms with Crippen LogP contribution in [0.4, 0.5) is 26.3 Å². The average molecular weight is 827 g/mol. The molecule has 4 aliphatic rings. The van der Waals surface area contributed by atoms with Gasteiger partial charge in [0.25, 0.3) is 11.1 Å².